The van der Waals surface area contributed by atoms with Gasteiger partial charge in [-0.05, 0) is 31.6 Å². The minimum Gasteiger partial charge on any atom is -0.466 e. The lowest BCUT2D eigenvalue weighted by Crippen LogP contribution is -2.33. The molecule has 0 heterocycles. The molecule has 0 saturated heterocycles. The first kappa shape index (κ1) is 17.3. The maximum atomic E-state index is 12.4. The Morgan fingerprint density at radius 3 is 2.14 bits per heavy atom. The van der Waals surface area contributed by atoms with Crippen molar-refractivity contribution in [3.8, 4) is 0 Å². The maximum absolute atomic E-state index is 12.4. The van der Waals surface area contributed by atoms with Gasteiger partial charge in [0, 0.05) is 13.3 Å². The van der Waals surface area contributed by atoms with Crippen molar-refractivity contribution in [2.24, 2.45) is 11.8 Å². The summed E-state index contributed by atoms with van der Waals surface area (Å²) < 4.78 is 10.9. The second-order valence-corrected chi connectivity index (χ2v) is 6.84. The number of esters is 2. The fraction of sp³-hybridized carbons (Fsp3) is 0.889. The molecule has 0 amide bonds. The molecule has 0 aromatic heterocycles. The van der Waals surface area contributed by atoms with E-state index in [-0.39, 0.29) is 24.0 Å². The molecule has 1 unspecified atom stereocenters. The Morgan fingerprint density at radius 2 is 1.55 bits per heavy atom. The van der Waals surface area contributed by atoms with Crippen LogP contribution in [0.4, 0.5) is 0 Å². The summed E-state index contributed by atoms with van der Waals surface area (Å²) in [5, 5.41) is 0. The first-order chi connectivity index (χ1) is 10.7. The SMILES string of the molecule is CC(=O)OCCC(OC(=O)C1CCCCC1)C1CCCCC1. The fourth-order valence-corrected chi connectivity index (χ4v) is 3.80. The average Bonchev–Trinajstić information content (AvgIpc) is 2.55. The molecule has 0 spiro atoms. The normalized spacial score (nSPS) is 22.0. The molecule has 4 nitrogen and oxygen atoms in total. The van der Waals surface area contributed by atoms with Crippen LogP contribution < -0.4 is 0 Å². The lowest BCUT2D eigenvalue weighted by Gasteiger charge is -2.31. The van der Waals surface area contributed by atoms with Gasteiger partial charge < -0.3 is 9.47 Å². The standard InChI is InChI=1S/C18H30O4/c1-14(19)21-13-12-17(15-8-4-2-5-9-15)22-18(20)16-10-6-3-7-11-16/h15-17H,2-13H2,1H3. The summed E-state index contributed by atoms with van der Waals surface area (Å²) in [4.78, 5) is 23.4. The molecule has 0 bridgehead atoms. The molecule has 2 aliphatic carbocycles. The first-order valence-corrected chi connectivity index (χ1v) is 9.00. The summed E-state index contributed by atoms with van der Waals surface area (Å²) in [6, 6.07) is 0. The molecule has 22 heavy (non-hydrogen) atoms. The Labute approximate surface area is 133 Å². The van der Waals surface area contributed by atoms with Crippen LogP contribution in [-0.2, 0) is 19.1 Å². The monoisotopic (exact) mass is 310 g/mol. The number of ether oxygens (including phenoxy) is 2. The molecule has 2 aliphatic rings. The van der Waals surface area contributed by atoms with Gasteiger partial charge in [0.25, 0.3) is 0 Å². The van der Waals surface area contributed by atoms with Crippen LogP contribution >= 0.6 is 0 Å². The van der Waals surface area contributed by atoms with E-state index in [9.17, 15) is 9.59 Å². The molecule has 2 saturated carbocycles. The molecule has 0 aromatic carbocycles. The smallest absolute Gasteiger partial charge is 0.309 e. The van der Waals surface area contributed by atoms with Crippen LogP contribution in [0.1, 0.15) is 77.6 Å². The van der Waals surface area contributed by atoms with Crippen molar-refractivity contribution in [1.29, 1.82) is 0 Å². The van der Waals surface area contributed by atoms with Gasteiger partial charge in [-0.25, -0.2) is 0 Å². The quantitative estimate of drug-likeness (QED) is 0.696. The van der Waals surface area contributed by atoms with Crippen molar-refractivity contribution in [3.05, 3.63) is 0 Å². The van der Waals surface area contributed by atoms with Gasteiger partial charge in [0.1, 0.15) is 6.10 Å². The van der Waals surface area contributed by atoms with E-state index in [1.165, 1.54) is 32.6 Å². The van der Waals surface area contributed by atoms with Crippen LogP contribution in [0.2, 0.25) is 0 Å². The average molecular weight is 310 g/mol. The number of rotatable bonds is 6. The highest BCUT2D eigenvalue weighted by Gasteiger charge is 2.30. The van der Waals surface area contributed by atoms with Gasteiger partial charge in [0.2, 0.25) is 0 Å². The summed E-state index contributed by atoms with van der Waals surface area (Å²) in [6.07, 6.45) is 12.0. The topological polar surface area (TPSA) is 52.6 Å². The van der Waals surface area contributed by atoms with Crippen molar-refractivity contribution < 1.29 is 19.1 Å². The summed E-state index contributed by atoms with van der Waals surface area (Å²) >= 11 is 0. The van der Waals surface area contributed by atoms with Crippen LogP contribution in [0.25, 0.3) is 0 Å². The van der Waals surface area contributed by atoms with Crippen molar-refractivity contribution in [3.63, 3.8) is 0 Å². The zero-order valence-electron chi connectivity index (χ0n) is 13.9. The second kappa shape index (κ2) is 9.16. The van der Waals surface area contributed by atoms with Gasteiger partial charge in [-0.15, -0.1) is 0 Å². The van der Waals surface area contributed by atoms with Gasteiger partial charge in [-0.3, -0.25) is 9.59 Å². The number of hydrogen-bond acceptors (Lipinski definition) is 4. The lowest BCUT2D eigenvalue weighted by molar-refractivity contribution is -0.160. The zero-order chi connectivity index (χ0) is 15.8. The van der Waals surface area contributed by atoms with E-state index in [1.54, 1.807) is 0 Å². The van der Waals surface area contributed by atoms with Crippen molar-refractivity contribution >= 4 is 11.9 Å². The summed E-state index contributed by atoms with van der Waals surface area (Å²) in [5.74, 6) is 0.254. The summed E-state index contributed by atoms with van der Waals surface area (Å²) in [7, 11) is 0. The highest BCUT2D eigenvalue weighted by atomic mass is 16.6. The zero-order valence-corrected chi connectivity index (χ0v) is 13.9. The van der Waals surface area contributed by atoms with Crippen LogP contribution in [0.15, 0.2) is 0 Å². The molecule has 2 rings (SSSR count). The van der Waals surface area contributed by atoms with Gasteiger partial charge in [-0.1, -0.05) is 38.5 Å². The van der Waals surface area contributed by atoms with E-state index in [0.29, 0.717) is 18.9 Å². The minimum atomic E-state index is -0.263. The van der Waals surface area contributed by atoms with Crippen molar-refractivity contribution in [1.82, 2.24) is 0 Å². The van der Waals surface area contributed by atoms with E-state index in [1.807, 2.05) is 0 Å². The Balaban J connectivity index is 1.87. The Hall–Kier alpha value is -1.06. The second-order valence-electron chi connectivity index (χ2n) is 6.84. The Morgan fingerprint density at radius 1 is 0.955 bits per heavy atom. The molecule has 1 atom stereocenters. The van der Waals surface area contributed by atoms with Crippen LogP contribution in [0.3, 0.4) is 0 Å². The van der Waals surface area contributed by atoms with E-state index < -0.39 is 0 Å². The molecular formula is C18H30O4. The van der Waals surface area contributed by atoms with Gasteiger partial charge in [0.05, 0.1) is 12.5 Å². The van der Waals surface area contributed by atoms with Crippen LogP contribution in [-0.4, -0.2) is 24.6 Å². The third-order valence-corrected chi connectivity index (χ3v) is 5.09. The van der Waals surface area contributed by atoms with Crippen LogP contribution in [0.5, 0.6) is 0 Å². The molecule has 0 aromatic rings. The predicted molar refractivity (Wildman–Crippen MR) is 84.3 cm³/mol. The summed E-state index contributed by atoms with van der Waals surface area (Å²) in [5.41, 5.74) is 0. The molecular weight excluding hydrogens is 280 g/mol. The van der Waals surface area contributed by atoms with Gasteiger partial charge in [-0.2, -0.15) is 0 Å². The summed E-state index contributed by atoms with van der Waals surface area (Å²) in [6.45, 7) is 1.78. The maximum Gasteiger partial charge on any atom is 0.309 e. The van der Waals surface area contributed by atoms with Crippen LogP contribution in [0, 0.1) is 11.8 Å². The lowest BCUT2D eigenvalue weighted by atomic mass is 9.84. The number of hydrogen-bond donors (Lipinski definition) is 0. The fourth-order valence-electron chi connectivity index (χ4n) is 3.80. The molecule has 4 heteroatoms. The van der Waals surface area contributed by atoms with E-state index in [4.69, 9.17) is 9.47 Å². The third-order valence-electron chi connectivity index (χ3n) is 5.09. The van der Waals surface area contributed by atoms with E-state index >= 15 is 0 Å². The van der Waals surface area contributed by atoms with E-state index in [2.05, 4.69) is 0 Å². The highest BCUT2D eigenvalue weighted by molar-refractivity contribution is 5.72. The minimum absolute atomic E-state index is 0.0156. The van der Waals surface area contributed by atoms with Gasteiger partial charge >= 0.3 is 11.9 Å². The van der Waals surface area contributed by atoms with E-state index in [0.717, 1.165) is 38.5 Å². The molecule has 0 radical (unpaired) electrons. The number of carbonyl (C=O) groups is 2. The highest BCUT2D eigenvalue weighted by Crippen LogP contribution is 2.31. The Bertz CT molecular complexity index is 354. The predicted octanol–water partition coefficient (Wildman–Crippen LogP) is 4.01. The molecule has 126 valence electrons. The van der Waals surface area contributed by atoms with Crippen molar-refractivity contribution in [2.75, 3.05) is 6.61 Å². The first-order valence-electron chi connectivity index (χ1n) is 9.00. The molecule has 0 N–H and O–H groups in total. The molecule has 0 aliphatic heterocycles. The van der Waals surface area contributed by atoms with Gasteiger partial charge in [0.15, 0.2) is 0 Å². The largest absolute Gasteiger partial charge is 0.466 e. The van der Waals surface area contributed by atoms with Crippen molar-refractivity contribution in [2.45, 2.75) is 83.7 Å². The third kappa shape index (κ3) is 5.62. The molecule has 2 fully saturated rings. The Kier molecular flexibility index (Phi) is 7.20. The number of carbonyl (C=O) groups excluding carboxylic acids is 2.